The van der Waals surface area contributed by atoms with Gasteiger partial charge in [-0.15, -0.1) is 11.3 Å². The lowest BCUT2D eigenvalue weighted by Crippen LogP contribution is -2.38. The Kier molecular flexibility index (Phi) is 5.25. The molecule has 1 amide bonds. The van der Waals surface area contributed by atoms with Crippen LogP contribution in [0.3, 0.4) is 0 Å². The topological polar surface area (TPSA) is 57.6 Å². The lowest BCUT2D eigenvalue weighted by Gasteiger charge is -2.26. The minimum atomic E-state index is -1.21. The molecule has 6 heteroatoms. The van der Waals surface area contributed by atoms with Crippen molar-refractivity contribution in [2.45, 2.75) is 25.3 Å². The highest BCUT2D eigenvalue weighted by atomic mass is 32.2. The molecule has 1 aliphatic rings. The predicted molar refractivity (Wildman–Crippen MR) is 92.5 cm³/mol. The Morgan fingerprint density at radius 3 is 2.70 bits per heavy atom. The average Bonchev–Trinajstić information content (AvgIpc) is 3.03. The molecule has 0 bridgehead atoms. The number of thiophene rings is 1. The highest BCUT2D eigenvalue weighted by molar-refractivity contribution is 7.84. The van der Waals surface area contributed by atoms with E-state index < -0.39 is 10.8 Å². The van der Waals surface area contributed by atoms with Crippen molar-refractivity contribution in [1.82, 2.24) is 4.90 Å². The summed E-state index contributed by atoms with van der Waals surface area (Å²) in [5, 5.41) is 11.1. The summed E-state index contributed by atoms with van der Waals surface area (Å²) in [5.41, 5.74) is 2.97. The first kappa shape index (κ1) is 16.4. The Morgan fingerprint density at radius 2 is 1.96 bits per heavy atom. The van der Waals surface area contributed by atoms with Gasteiger partial charge in [-0.3, -0.25) is 9.00 Å². The zero-order valence-corrected chi connectivity index (χ0v) is 14.4. The van der Waals surface area contributed by atoms with E-state index >= 15 is 0 Å². The monoisotopic (exact) mass is 349 g/mol. The fraction of sp³-hybridized carbons (Fsp3) is 0.353. The molecule has 1 aliphatic heterocycles. The van der Waals surface area contributed by atoms with Gasteiger partial charge in [-0.2, -0.15) is 0 Å². The van der Waals surface area contributed by atoms with Crippen molar-refractivity contribution in [2.24, 2.45) is 0 Å². The summed E-state index contributed by atoms with van der Waals surface area (Å²) in [4.78, 5) is 15.5. The van der Waals surface area contributed by atoms with Crippen LogP contribution in [0.5, 0.6) is 0 Å². The third-order valence-electron chi connectivity index (χ3n) is 3.98. The quantitative estimate of drug-likeness (QED) is 0.899. The van der Waals surface area contributed by atoms with E-state index in [9.17, 15) is 9.00 Å². The lowest BCUT2D eigenvalue weighted by atomic mass is 10.1. The van der Waals surface area contributed by atoms with E-state index in [4.69, 9.17) is 5.11 Å². The number of aliphatic hydroxyl groups excluding tert-OH is 1. The molecule has 3 rings (SSSR count). The van der Waals surface area contributed by atoms with Crippen LogP contribution < -0.4 is 0 Å². The Bertz CT molecular complexity index is 709. The van der Waals surface area contributed by atoms with Gasteiger partial charge in [0.2, 0.25) is 5.91 Å². The Hall–Kier alpha value is -1.50. The van der Waals surface area contributed by atoms with Crippen LogP contribution in [-0.4, -0.2) is 32.4 Å². The number of nitrogens with zero attached hydrogens (tertiary/aromatic N) is 1. The van der Waals surface area contributed by atoms with E-state index in [0.717, 1.165) is 24.1 Å². The summed E-state index contributed by atoms with van der Waals surface area (Å²) < 4.78 is 12.2. The first-order valence-electron chi connectivity index (χ1n) is 7.52. The Labute approximate surface area is 142 Å². The molecule has 0 saturated carbocycles. The number of benzene rings is 1. The highest BCUT2D eigenvalue weighted by Gasteiger charge is 2.22. The van der Waals surface area contributed by atoms with Gasteiger partial charge in [0.1, 0.15) is 5.75 Å². The van der Waals surface area contributed by atoms with Crippen LogP contribution in [0, 0.1) is 0 Å². The molecule has 1 unspecified atom stereocenters. The van der Waals surface area contributed by atoms with Crippen LogP contribution in [0.4, 0.5) is 0 Å². The summed E-state index contributed by atoms with van der Waals surface area (Å²) in [5.74, 6) is 0.406. The summed E-state index contributed by atoms with van der Waals surface area (Å²) in [6, 6.07) is 9.41. The second-order valence-electron chi connectivity index (χ2n) is 5.64. The maximum atomic E-state index is 12.3. The SMILES string of the molecule is O=C(CS(=O)Cc1ccc(CO)cc1)N1CCc2sccc2C1. The van der Waals surface area contributed by atoms with Crippen LogP contribution in [0.25, 0.3) is 0 Å². The highest BCUT2D eigenvalue weighted by Crippen LogP contribution is 2.24. The molecule has 1 atom stereocenters. The molecule has 2 aromatic rings. The normalized spacial score (nSPS) is 15.3. The first-order valence-corrected chi connectivity index (χ1v) is 9.89. The Balaban J connectivity index is 1.54. The molecular weight excluding hydrogens is 330 g/mol. The number of carbonyl (C=O) groups is 1. The maximum Gasteiger partial charge on any atom is 0.235 e. The molecule has 0 aliphatic carbocycles. The van der Waals surface area contributed by atoms with E-state index in [0.29, 0.717) is 12.3 Å². The van der Waals surface area contributed by atoms with Crippen LogP contribution >= 0.6 is 11.3 Å². The molecule has 4 nitrogen and oxygen atoms in total. The molecule has 23 heavy (non-hydrogen) atoms. The predicted octanol–water partition coefficient (Wildman–Crippen LogP) is 2.07. The van der Waals surface area contributed by atoms with Crippen LogP contribution in [-0.2, 0) is 40.9 Å². The molecule has 1 aromatic heterocycles. The number of hydrogen-bond acceptors (Lipinski definition) is 4. The van der Waals surface area contributed by atoms with E-state index in [2.05, 4.69) is 11.4 Å². The number of hydrogen-bond donors (Lipinski definition) is 1. The lowest BCUT2D eigenvalue weighted by molar-refractivity contribution is -0.129. The van der Waals surface area contributed by atoms with E-state index in [1.54, 1.807) is 11.3 Å². The maximum absolute atomic E-state index is 12.3. The van der Waals surface area contributed by atoms with Crippen molar-refractivity contribution < 1.29 is 14.1 Å². The van der Waals surface area contributed by atoms with Gasteiger partial charge in [0.05, 0.1) is 6.61 Å². The standard InChI is InChI=1S/C17H19NO3S2/c19-10-13-1-3-14(4-2-13)11-23(21)12-17(20)18-7-5-16-15(9-18)6-8-22-16/h1-4,6,8,19H,5,7,9-12H2. The number of amides is 1. The van der Waals surface area contributed by atoms with E-state index in [-0.39, 0.29) is 18.3 Å². The largest absolute Gasteiger partial charge is 0.392 e. The third-order valence-corrected chi connectivity index (χ3v) is 6.23. The minimum Gasteiger partial charge on any atom is -0.392 e. The zero-order chi connectivity index (χ0) is 16.2. The number of rotatable bonds is 5. The first-order chi connectivity index (χ1) is 11.2. The van der Waals surface area contributed by atoms with E-state index in [1.807, 2.05) is 29.2 Å². The van der Waals surface area contributed by atoms with Gasteiger partial charge < -0.3 is 10.0 Å². The molecule has 0 spiro atoms. The summed E-state index contributed by atoms with van der Waals surface area (Å²) in [6.45, 7) is 1.36. The van der Waals surface area contributed by atoms with Gasteiger partial charge in [0.15, 0.2) is 0 Å². The molecule has 2 heterocycles. The van der Waals surface area contributed by atoms with Crippen LogP contribution in [0.15, 0.2) is 35.7 Å². The third kappa shape index (κ3) is 4.07. The van der Waals surface area contributed by atoms with Crippen molar-refractivity contribution in [1.29, 1.82) is 0 Å². The van der Waals surface area contributed by atoms with Crippen LogP contribution in [0.1, 0.15) is 21.6 Å². The van der Waals surface area contributed by atoms with Gasteiger partial charge in [0, 0.05) is 34.5 Å². The molecular formula is C17H19NO3S2. The van der Waals surface area contributed by atoms with Gasteiger partial charge in [-0.05, 0) is 34.6 Å². The van der Waals surface area contributed by atoms with Gasteiger partial charge in [-0.25, -0.2) is 0 Å². The second-order valence-corrected chi connectivity index (χ2v) is 8.10. The van der Waals surface area contributed by atoms with Crippen molar-refractivity contribution in [2.75, 3.05) is 12.3 Å². The number of fused-ring (bicyclic) bond motifs is 1. The van der Waals surface area contributed by atoms with Crippen molar-refractivity contribution in [3.63, 3.8) is 0 Å². The summed E-state index contributed by atoms with van der Waals surface area (Å²) in [6.07, 6.45) is 0.897. The smallest absolute Gasteiger partial charge is 0.235 e. The molecule has 0 saturated heterocycles. The summed E-state index contributed by atoms with van der Waals surface area (Å²) in [7, 11) is -1.21. The van der Waals surface area contributed by atoms with Crippen molar-refractivity contribution in [3.8, 4) is 0 Å². The van der Waals surface area contributed by atoms with Crippen molar-refractivity contribution in [3.05, 3.63) is 57.3 Å². The number of aliphatic hydroxyl groups is 1. The molecule has 1 aromatic carbocycles. The van der Waals surface area contributed by atoms with Gasteiger partial charge >= 0.3 is 0 Å². The molecule has 0 radical (unpaired) electrons. The molecule has 1 N–H and O–H groups in total. The zero-order valence-electron chi connectivity index (χ0n) is 12.7. The van der Waals surface area contributed by atoms with Gasteiger partial charge in [-0.1, -0.05) is 24.3 Å². The summed E-state index contributed by atoms with van der Waals surface area (Å²) >= 11 is 1.74. The second kappa shape index (κ2) is 7.38. The minimum absolute atomic E-state index is 0.00138. The molecule has 0 fully saturated rings. The number of carbonyl (C=O) groups excluding carboxylic acids is 1. The fourth-order valence-electron chi connectivity index (χ4n) is 2.67. The fourth-order valence-corrected chi connectivity index (χ4v) is 4.68. The molecule has 122 valence electrons. The van der Waals surface area contributed by atoms with Crippen LogP contribution in [0.2, 0.25) is 0 Å². The van der Waals surface area contributed by atoms with Gasteiger partial charge in [0.25, 0.3) is 0 Å². The van der Waals surface area contributed by atoms with Crippen molar-refractivity contribution >= 4 is 28.0 Å². The Morgan fingerprint density at radius 1 is 1.22 bits per heavy atom. The van der Waals surface area contributed by atoms with E-state index in [1.165, 1.54) is 10.4 Å². The average molecular weight is 349 g/mol.